The fourth-order valence-electron chi connectivity index (χ4n) is 3.76. The molecule has 0 fully saturated rings. The molecule has 0 nitrogen and oxygen atoms in total. The molecule has 0 bridgehead atoms. The van der Waals surface area contributed by atoms with Crippen LogP contribution in [-0.4, -0.2) is 5.49 Å². The van der Waals surface area contributed by atoms with Gasteiger partial charge in [0.1, 0.15) is 0 Å². The van der Waals surface area contributed by atoms with Crippen molar-refractivity contribution < 1.29 is 54.0 Å². The molecule has 0 spiro atoms. The zero-order valence-corrected chi connectivity index (χ0v) is 22.5. The van der Waals surface area contributed by atoms with Crippen LogP contribution in [0.15, 0.2) is 41.1 Å². The molecule has 0 aromatic rings. The Bertz CT molecular complexity index is 542. The van der Waals surface area contributed by atoms with Gasteiger partial charge in [-0.05, 0) is 0 Å². The minimum Gasteiger partial charge on any atom is -1.00 e. The Hall–Kier alpha value is 1.01. The van der Waals surface area contributed by atoms with Crippen molar-refractivity contribution in [3.05, 3.63) is 41.1 Å². The van der Waals surface area contributed by atoms with Gasteiger partial charge in [0.05, 0.1) is 0 Å². The molecule has 2 rings (SSSR count). The summed E-state index contributed by atoms with van der Waals surface area (Å²) in [5.74, 6) is 0. The van der Waals surface area contributed by atoms with E-state index in [1.54, 1.807) is 22.3 Å². The van der Waals surface area contributed by atoms with Gasteiger partial charge in [0, 0.05) is 0 Å². The molecule has 0 saturated heterocycles. The van der Waals surface area contributed by atoms with Crippen molar-refractivity contribution in [2.24, 2.45) is 0 Å². The molecule has 0 radical (unpaired) electrons. The van der Waals surface area contributed by atoms with Crippen LogP contribution in [0.2, 0.25) is 13.1 Å². The summed E-state index contributed by atoms with van der Waals surface area (Å²) in [6.07, 6.45) is 10.1. The van der Waals surface area contributed by atoms with E-state index in [2.05, 4.69) is 52.9 Å². The number of hydrogen-bond acceptors (Lipinski definition) is 0. The molecule has 0 heterocycles. The van der Waals surface area contributed by atoms with Crippen molar-refractivity contribution in [1.82, 2.24) is 0 Å². The summed E-state index contributed by atoms with van der Waals surface area (Å²) in [6, 6.07) is 0. The van der Waals surface area contributed by atoms with Crippen molar-refractivity contribution in [1.29, 1.82) is 0 Å². The quantitative estimate of drug-likeness (QED) is 0.390. The van der Waals surface area contributed by atoms with Crippen molar-refractivity contribution in [2.75, 3.05) is 0 Å². The second-order valence-corrected chi connectivity index (χ2v) is 30.1. The second kappa shape index (κ2) is 10.1. The first-order valence-electron chi connectivity index (χ1n) is 7.97. The van der Waals surface area contributed by atoms with Gasteiger partial charge >= 0.3 is 133 Å². The Labute approximate surface area is 165 Å². The van der Waals surface area contributed by atoms with Gasteiger partial charge in [-0.3, -0.25) is 0 Å². The Morgan fingerprint density at radius 1 is 0.864 bits per heavy atom. The molecule has 0 unspecified atom stereocenters. The van der Waals surface area contributed by atoms with Gasteiger partial charge in [-0.15, -0.1) is 0 Å². The summed E-state index contributed by atoms with van der Waals surface area (Å²) < 4.78 is 3.94. The van der Waals surface area contributed by atoms with Crippen LogP contribution in [0.4, 0.5) is 0 Å². The molecule has 122 valence electrons. The van der Waals surface area contributed by atoms with Gasteiger partial charge in [-0.1, -0.05) is 0 Å². The van der Waals surface area contributed by atoms with E-state index in [4.69, 9.17) is 0 Å². The maximum Gasteiger partial charge on any atom is -1.00 e. The summed E-state index contributed by atoms with van der Waals surface area (Å²) in [7, 11) is 0. The molecular weight excluding hydrogens is 583 g/mol. The molecule has 2 aliphatic rings. The smallest absolute Gasteiger partial charge is 1.00 e. The molecule has 22 heavy (non-hydrogen) atoms. The first-order chi connectivity index (χ1) is 9.51. The van der Waals surface area contributed by atoms with Crippen LogP contribution >= 0.6 is 0 Å². The van der Waals surface area contributed by atoms with Crippen LogP contribution in [-0.2, 0) is 20.1 Å². The molecule has 0 N–H and O–H groups in total. The zero-order valence-electron chi connectivity index (χ0n) is 14.7. The Balaban J connectivity index is 0.00000220. The minimum atomic E-state index is -1.76. The number of rotatable bonds is 4. The predicted octanol–water partition coefficient (Wildman–Crippen LogP) is -0.108. The van der Waals surface area contributed by atoms with Crippen LogP contribution in [0.25, 0.3) is 0 Å². The van der Waals surface area contributed by atoms with Gasteiger partial charge < -0.3 is 34.0 Å². The maximum absolute atomic E-state index is 2.59. The van der Waals surface area contributed by atoms with Crippen LogP contribution in [0.1, 0.15) is 53.4 Å². The Morgan fingerprint density at radius 3 is 1.50 bits per heavy atom. The predicted molar refractivity (Wildman–Crippen MR) is 88.9 cm³/mol. The SMILES string of the molecule is CCC1=[C]([Hf+2]([C]2=C(CC)C(C)=CC2)=[Si](C)C)CC=C1C.[Br-].[Br-]. The van der Waals surface area contributed by atoms with E-state index in [0.29, 0.717) is 0 Å². The number of halogens is 2. The average Bonchev–Trinajstić information content (AvgIpc) is 2.94. The van der Waals surface area contributed by atoms with Crippen LogP contribution in [0.5, 0.6) is 0 Å². The average molecular weight is 611 g/mol. The molecule has 4 heteroatoms. The first kappa shape index (κ1) is 23.0. The fourth-order valence-corrected chi connectivity index (χ4v) is 30.5. The molecule has 2 aliphatic carbocycles. The fraction of sp³-hybridized carbons (Fsp3) is 0.556. The number of hydrogen-bond donors (Lipinski definition) is 0. The Morgan fingerprint density at radius 2 is 1.23 bits per heavy atom. The van der Waals surface area contributed by atoms with Crippen LogP contribution in [0.3, 0.4) is 0 Å². The van der Waals surface area contributed by atoms with Crippen molar-refractivity contribution in [2.45, 2.75) is 66.5 Å². The van der Waals surface area contributed by atoms with E-state index >= 15 is 0 Å². The standard InChI is InChI=1S/2C8H11.C2H6Si.2BrH.Hf/c2*1-3-8-6-4-5-7(8)2;1-3-2;;;/h2*5H,3-4H2,1-2H3;1-2H3;2*1H;/q;;;;;+2/p-2. The monoisotopic (exact) mass is 610 g/mol. The Kier molecular flexibility index (Phi) is 10.6. The second-order valence-electron chi connectivity index (χ2n) is 6.18. The van der Waals surface area contributed by atoms with Gasteiger partial charge in [0.25, 0.3) is 0 Å². The van der Waals surface area contributed by atoms with Gasteiger partial charge in [0.15, 0.2) is 0 Å². The van der Waals surface area contributed by atoms with Crippen molar-refractivity contribution in [3.8, 4) is 0 Å². The van der Waals surface area contributed by atoms with E-state index in [-0.39, 0.29) is 39.5 Å². The molecule has 0 amide bonds. The third-order valence-electron chi connectivity index (χ3n) is 4.72. The summed E-state index contributed by atoms with van der Waals surface area (Å²) in [5.41, 5.74) is 6.56. The molecule has 0 aromatic carbocycles. The van der Waals surface area contributed by atoms with Gasteiger partial charge in [0.2, 0.25) is 0 Å². The van der Waals surface area contributed by atoms with Crippen molar-refractivity contribution >= 4 is 5.49 Å². The normalized spacial score (nSPS) is 16.6. The first-order valence-corrected chi connectivity index (χ1v) is 19.5. The minimum absolute atomic E-state index is 0. The summed E-state index contributed by atoms with van der Waals surface area (Å²) in [5, 5.41) is 0. The molecular formula is C18H28Br2HfSi. The molecule has 0 atom stereocenters. The topological polar surface area (TPSA) is 0 Å². The van der Waals surface area contributed by atoms with Crippen LogP contribution in [0, 0.1) is 0 Å². The van der Waals surface area contributed by atoms with Gasteiger partial charge in [-0.2, -0.15) is 0 Å². The van der Waals surface area contributed by atoms with E-state index in [0.717, 1.165) is 0 Å². The zero-order chi connectivity index (χ0) is 14.9. The maximum atomic E-state index is 2.59. The largest absolute Gasteiger partial charge is 1.00 e. The van der Waals surface area contributed by atoms with E-state index in [9.17, 15) is 0 Å². The van der Waals surface area contributed by atoms with E-state index < -0.39 is 20.1 Å². The van der Waals surface area contributed by atoms with Gasteiger partial charge in [-0.25, -0.2) is 0 Å². The molecule has 0 aromatic heterocycles. The summed E-state index contributed by atoms with van der Waals surface area (Å²) in [4.78, 5) is 0. The molecule has 0 aliphatic heterocycles. The van der Waals surface area contributed by atoms with Crippen LogP contribution < -0.4 is 34.0 Å². The van der Waals surface area contributed by atoms with Crippen molar-refractivity contribution in [3.63, 3.8) is 0 Å². The third-order valence-corrected chi connectivity index (χ3v) is 29.4. The van der Waals surface area contributed by atoms with E-state index in [1.165, 1.54) is 25.7 Å². The molecule has 0 saturated carbocycles. The third kappa shape index (κ3) is 4.55. The van der Waals surface area contributed by atoms with E-state index in [1.807, 2.05) is 6.66 Å². The number of allylic oxidation sites excluding steroid dienone is 8. The summed E-state index contributed by atoms with van der Waals surface area (Å²) in [6.45, 7) is 14.6. The summed E-state index contributed by atoms with van der Waals surface area (Å²) >= 11 is -1.76.